The van der Waals surface area contributed by atoms with Gasteiger partial charge >= 0.3 is 6.09 Å². The first-order valence-corrected chi connectivity index (χ1v) is 7.26. The molecule has 5 heteroatoms. The molecule has 0 saturated carbocycles. The Hall–Kier alpha value is -2.14. The van der Waals surface area contributed by atoms with Crippen molar-refractivity contribution in [1.82, 2.24) is 4.90 Å². The number of amides is 2. The Morgan fingerprint density at radius 1 is 1.36 bits per heavy atom. The molecule has 0 heterocycles. The summed E-state index contributed by atoms with van der Waals surface area (Å²) in [6, 6.07) is 9.88. The molecule has 1 aromatic rings. The number of hydrogen-bond donors (Lipinski definition) is 1. The third-order valence-electron chi connectivity index (χ3n) is 3.43. The van der Waals surface area contributed by atoms with Crippen molar-refractivity contribution < 1.29 is 19.4 Å². The van der Waals surface area contributed by atoms with Gasteiger partial charge in [-0.15, -0.1) is 6.58 Å². The van der Waals surface area contributed by atoms with E-state index in [0.29, 0.717) is 6.42 Å². The van der Waals surface area contributed by atoms with Crippen LogP contribution in [0.2, 0.25) is 0 Å². The number of rotatable bonds is 7. The third kappa shape index (κ3) is 5.33. The molecule has 0 radical (unpaired) electrons. The van der Waals surface area contributed by atoms with Gasteiger partial charge in [-0.25, -0.2) is 4.79 Å². The number of hydrogen-bond acceptors (Lipinski definition) is 4. The van der Waals surface area contributed by atoms with Crippen LogP contribution in [0.25, 0.3) is 0 Å². The van der Waals surface area contributed by atoms with Crippen LogP contribution in [0.3, 0.4) is 0 Å². The van der Waals surface area contributed by atoms with Crippen molar-refractivity contribution in [3.8, 4) is 0 Å². The second kappa shape index (κ2) is 9.00. The van der Waals surface area contributed by atoms with Gasteiger partial charge in [0.2, 0.25) is 5.91 Å². The number of carbonyl (C=O) groups is 2. The van der Waals surface area contributed by atoms with Gasteiger partial charge < -0.3 is 9.84 Å². The van der Waals surface area contributed by atoms with Gasteiger partial charge in [-0.2, -0.15) is 0 Å². The zero-order valence-electron chi connectivity index (χ0n) is 13.1. The van der Waals surface area contributed by atoms with Gasteiger partial charge in [-0.05, 0) is 18.4 Å². The summed E-state index contributed by atoms with van der Waals surface area (Å²) in [5, 5.41) is 9.55. The van der Waals surface area contributed by atoms with E-state index in [-0.39, 0.29) is 6.61 Å². The third-order valence-corrected chi connectivity index (χ3v) is 3.43. The SMILES string of the molecule is C=CC(O)C(C)C(=O)N(C)C(=O)OCCCc1ccccc1. The molecule has 0 aromatic heterocycles. The van der Waals surface area contributed by atoms with Crippen LogP contribution in [-0.4, -0.2) is 41.8 Å². The van der Waals surface area contributed by atoms with E-state index in [9.17, 15) is 14.7 Å². The van der Waals surface area contributed by atoms with Crippen LogP contribution < -0.4 is 0 Å². The molecule has 0 spiro atoms. The van der Waals surface area contributed by atoms with Crippen molar-refractivity contribution >= 4 is 12.0 Å². The lowest BCUT2D eigenvalue weighted by Gasteiger charge is -2.21. The quantitative estimate of drug-likeness (QED) is 0.620. The monoisotopic (exact) mass is 305 g/mol. The Kier molecular flexibility index (Phi) is 7.32. The normalized spacial score (nSPS) is 13.0. The molecule has 2 atom stereocenters. The van der Waals surface area contributed by atoms with Gasteiger partial charge in [0.1, 0.15) is 0 Å². The largest absolute Gasteiger partial charge is 0.449 e. The summed E-state index contributed by atoms with van der Waals surface area (Å²) < 4.78 is 5.07. The minimum Gasteiger partial charge on any atom is -0.449 e. The maximum atomic E-state index is 12.0. The average molecular weight is 305 g/mol. The molecule has 0 bridgehead atoms. The van der Waals surface area contributed by atoms with Gasteiger partial charge in [-0.3, -0.25) is 9.69 Å². The van der Waals surface area contributed by atoms with Crippen molar-refractivity contribution in [2.24, 2.45) is 5.92 Å². The lowest BCUT2D eigenvalue weighted by molar-refractivity contribution is -0.134. The maximum Gasteiger partial charge on any atom is 0.416 e. The van der Waals surface area contributed by atoms with Gasteiger partial charge in [0.05, 0.1) is 18.6 Å². The van der Waals surface area contributed by atoms with Crippen LogP contribution in [-0.2, 0) is 16.0 Å². The van der Waals surface area contributed by atoms with Crippen molar-refractivity contribution in [3.63, 3.8) is 0 Å². The van der Waals surface area contributed by atoms with E-state index in [2.05, 4.69) is 6.58 Å². The second-order valence-corrected chi connectivity index (χ2v) is 5.12. The fourth-order valence-corrected chi connectivity index (χ4v) is 1.92. The Morgan fingerprint density at radius 3 is 2.59 bits per heavy atom. The van der Waals surface area contributed by atoms with Crippen molar-refractivity contribution in [2.75, 3.05) is 13.7 Å². The number of nitrogens with zero attached hydrogens (tertiary/aromatic N) is 1. The van der Waals surface area contributed by atoms with E-state index in [1.165, 1.54) is 25.6 Å². The van der Waals surface area contributed by atoms with E-state index in [1.807, 2.05) is 30.3 Å². The summed E-state index contributed by atoms with van der Waals surface area (Å²) >= 11 is 0. The molecule has 0 saturated heterocycles. The van der Waals surface area contributed by atoms with Crippen LogP contribution in [0.5, 0.6) is 0 Å². The minimum absolute atomic E-state index is 0.240. The highest BCUT2D eigenvalue weighted by atomic mass is 16.6. The maximum absolute atomic E-state index is 12.0. The van der Waals surface area contributed by atoms with Crippen molar-refractivity contribution in [2.45, 2.75) is 25.9 Å². The molecule has 0 fully saturated rings. The Morgan fingerprint density at radius 2 is 2.00 bits per heavy atom. The van der Waals surface area contributed by atoms with E-state index in [0.717, 1.165) is 11.3 Å². The molecule has 22 heavy (non-hydrogen) atoms. The lowest BCUT2D eigenvalue weighted by Crippen LogP contribution is -2.40. The van der Waals surface area contributed by atoms with Crippen LogP contribution in [0.4, 0.5) is 4.79 Å². The standard InChI is InChI=1S/C17H23NO4/c1-4-15(19)13(2)16(20)18(3)17(21)22-12-8-11-14-9-6-5-7-10-14/h4-7,9-10,13,15,19H,1,8,11-12H2,2-3H3. The van der Waals surface area contributed by atoms with Crippen LogP contribution in [0, 0.1) is 5.92 Å². The molecular formula is C17H23NO4. The topological polar surface area (TPSA) is 66.8 Å². The summed E-state index contributed by atoms with van der Waals surface area (Å²) in [6.45, 7) is 5.20. The number of benzene rings is 1. The molecule has 1 N–H and O–H groups in total. The van der Waals surface area contributed by atoms with Crippen LogP contribution in [0.1, 0.15) is 18.9 Å². The highest BCUT2D eigenvalue weighted by molar-refractivity contribution is 5.93. The molecule has 5 nitrogen and oxygen atoms in total. The minimum atomic E-state index is -0.985. The first kappa shape index (κ1) is 17.9. The van der Waals surface area contributed by atoms with Gasteiger partial charge in [0, 0.05) is 7.05 Å². The molecule has 0 aliphatic carbocycles. The number of aliphatic hydroxyl groups excluding tert-OH is 1. The van der Waals surface area contributed by atoms with Gasteiger partial charge in [-0.1, -0.05) is 43.3 Å². The molecule has 2 unspecified atom stereocenters. The Balaban J connectivity index is 2.35. The molecule has 1 aromatic carbocycles. The zero-order valence-corrected chi connectivity index (χ0v) is 13.1. The Labute approximate surface area is 131 Å². The summed E-state index contributed by atoms with van der Waals surface area (Å²) in [7, 11) is 1.34. The van der Waals surface area contributed by atoms with Crippen LogP contribution >= 0.6 is 0 Å². The number of ether oxygens (including phenoxy) is 1. The predicted molar refractivity (Wildman–Crippen MR) is 84.2 cm³/mol. The highest BCUT2D eigenvalue weighted by Gasteiger charge is 2.27. The van der Waals surface area contributed by atoms with Crippen molar-refractivity contribution in [3.05, 3.63) is 48.6 Å². The number of aryl methyl sites for hydroxylation is 1. The molecule has 120 valence electrons. The van der Waals surface area contributed by atoms with E-state index in [1.54, 1.807) is 0 Å². The molecule has 0 aliphatic heterocycles. The van der Waals surface area contributed by atoms with E-state index >= 15 is 0 Å². The van der Waals surface area contributed by atoms with Gasteiger partial charge in [0.25, 0.3) is 0 Å². The number of imide groups is 1. The lowest BCUT2D eigenvalue weighted by atomic mass is 10.0. The first-order valence-electron chi connectivity index (χ1n) is 7.26. The molecular weight excluding hydrogens is 282 g/mol. The second-order valence-electron chi connectivity index (χ2n) is 5.12. The highest BCUT2D eigenvalue weighted by Crippen LogP contribution is 2.09. The fraction of sp³-hybridized carbons (Fsp3) is 0.412. The number of carbonyl (C=O) groups excluding carboxylic acids is 2. The predicted octanol–water partition coefficient (Wildman–Crippen LogP) is 2.40. The first-order chi connectivity index (χ1) is 10.5. The van der Waals surface area contributed by atoms with Gasteiger partial charge in [0.15, 0.2) is 0 Å². The Bertz CT molecular complexity index is 501. The number of aliphatic hydroxyl groups is 1. The summed E-state index contributed by atoms with van der Waals surface area (Å²) in [5.74, 6) is -1.24. The summed E-state index contributed by atoms with van der Waals surface area (Å²) in [5.41, 5.74) is 1.17. The van der Waals surface area contributed by atoms with Crippen molar-refractivity contribution in [1.29, 1.82) is 0 Å². The van der Waals surface area contributed by atoms with E-state index < -0.39 is 24.0 Å². The smallest absolute Gasteiger partial charge is 0.416 e. The summed E-state index contributed by atoms with van der Waals surface area (Å²) in [4.78, 5) is 24.6. The summed E-state index contributed by atoms with van der Waals surface area (Å²) in [6.07, 6.45) is 1.06. The fourth-order valence-electron chi connectivity index (χ4n) is 1.92. The molecule has 1 rings (SSSR count). The van der Waals surface area contributed by atoms with Crippen LogP contribution in [0.15, 0.2) is 43.0 Å². The van der Waals surface area contributed by atoms with E-state index in [4.69, 9.17) is 4.74 Å². The molecule has 0 aliphatic rings. The average Bonchev–Trinajstić information content (AvgIpc) is 2.56. The molecule has 2 amide bonds. The zero-order chi connectivity index (χ0) is 16.5.